The van der Waals surface area contributed by atoms with Crippen molar-refractivity contribution in [1.29, 1.82) is 0 Å². The van der Waals surface area contributed by atoms with Crippen molar-refractivity contribution in [2.24, 2.45) is 0 Å². The number of hydrogen-bond donors (Lipinski definition) is 1. The first-order valence-electron chi connectivity index (χ1n) is 5.27. The van der Waals surface area contributed by atoms with E-state index in [2.05, 4.69) is 19.9 Å². The summed E-state index contributed by atoms with van der Waals surface area (Å²) in [5, 5.41) is 0. The molecule has 6 heteroatoms. The van der Waals surface area contributed by atoms with Gasteiger partial charge >= 0.3 is 6.01 Å². The first-order chi connectivity index (χ1) is 7.90. The third-order valence-electron chi connectivity index (χ3n) is 2.02. The lowest BCUT2D eigenvalue weighted by Crippen LogP contribution is -2.05. The Morgan fingerprint density at radius 1 is 1.31 bits per heavy atom. The summed E-state index contributed by atoms with van der Waals surface area (Å²) in [6, 6.07) is 0.357. The van der Waals surface area contributed by atoms with E-state index in [4.69, 9.17) is 9.47 Å². The van der Waals surface area contributed by atoms with Crippen LogP contribution in [0.5, 0.6) is 6.01 Å². The molecule has 2 aromatic heterocycles. The predicted molar refractivity (Wildman–Crippen MR) is 58.3 cm³/mol. The molecule has 2 heterocycles. The highest BCUT2D eigenvalue weighted by Gasteiger charge is 2.02. The van der Waals surface area contributed by atoms with Crippen molar-refractivity contribution in [3.8, 4) is 6.01 Å². The van der Waals surface area contributed by atoms with Crippen LogP contribution in [0.2, 0.25) is 0 Å². The van der Waals surface area contributed by atoms with Crippen molar-refractivity contribution in [2.45, 2.75) is 13.3 Å². The van der Waals surface area contributed by atoms with Crippen molar-refractivity contribution < 1.29 is 9.47 Å². The third-order valence-corrected chi connectivity index (χ3v) is 2.02. The monoisotopic (exact) mass is 222 g/mol. The van der Waals surface area contributed by atoms with Gasteiger partial charge in [-0.3, -0.25) is 0 Å². The summed E-state index contributed by atoms with van der Waals surface area (Å²) >= 11 is 0. The number of fused-ring (bicyclic) bond motifs is 1. The lowest BCUT2D eigenvalue weighted by molar-refractivity contribution is 0.129. The van der Waals surface area contributed by atoms with E-state index in [9.17, 15) is 0 Å². The number of aromatic nitrogens is 4. The van der Waals surface area contributed by atoms with Crippen molar-refractivity contribution in [3.63, 3.8) is 0 Å². The van der Waals surface area contributed by atoms with Gasteiger partial charge in [-0.1, -0.05) is 0 Å². The maximum Gasteiger partial charge on any atom is 0.318 e. The topological polar surface area (TPSA) is 72.9 Å². The van der Waals surface area contributed by atoms with E-state index in [1.807, 2.05) is 6.92 Å². The second kappa shape index (κ2) is 5.41. The van der Waals surface area contributed by atoms with Gasteiger partial charge in [-0.25, -0.2) is 9.97 Å². The molecule has 0 aromatic carbocycles. The zero-order chi connectivity index (χ0) is 11.2. The maximum absolute atomic E-state index is 5.37. The largest absolute Gasteiger partial charge is 0.463 e. The molecule has 0 saturated heterocycles. The fourth-order valence-corrected chi connectivity index (χ4v) is 1.26. The lowest BCUT2D eigenvalue weighted by atomic mass is 10.5. The molecule has 86 valence electrons. The van der Waals surface area contributed by atoms with E-state index in [0.717, 1.165) is 18.5 Å². The van der Waals surface area contributed by atoms with Gasteiger partial charge in [-0.15, -0.1) is 0 Å². The number of H-pyrrole nitrogens is 1. The second-order valence-corrected chi connectivity index (χ2v) is 3.19. The summed E-state index contributed by atoms with van der Waals surface area (Å²) in [6.07, 6.45) is 4.07. The highest BCUT2D eigenvalue weighted by Crippen LogP contribution is 2.08. The average Bonchev–Trinajstić information content (AvgIpc) is 2.76. The van der Waals surface area contributed by atoms with Crippen LogP contribution in [0.3, 0.4) is 0 Å². The van der Waals surface area contributed by atoms with Gasteiger partial charge in [0.05, 0.1) is 19.1 Å². The van der Waals surface area contributed by atoms with Crippen LogP contribution >= 0.6 is 0 Å². The molecule has 0 aliphatic heterocycles. The smallest absolute Gasteiger partial charge is 0.318 e. The van der Waals surface area contributed by atoms with E-state index in [0.29, 0.717) is 24.9 Å². The Kier molecular flexibility index (Phi) is 3.66. The fraction of sp³-hybridized carbons (Fsp3) is 0.500. The zero-order valence-electron chi connectivity index (χ0n) is 9.14. The number of aromatic amines is 1. The van der Waals surface area contributed by atoms with Crippen molar-refractivity contribution in [1.82, 2.24) is 19.9 Å². The lowest BCUT2D eigenvalue weighted by Gasteiger charge is -2.03. The van der Waals surface area contributed by atoms with Crippen LogP contribution in [0.15, 0.2) is 12.5 Å². The molecular weight excluding hydrogens is 208 g/mol. The number of nitrogens with zero attached hydrogens (tertiary/aromatic N) is 3. The highest BCUT2D eigenvalue weighted by atomic mass is 16.5. The Labute approximate surface area is 93.0 Å². The first-order valence-corrected chi connectivity index (χ1v) is 5.27. The molecule has 6 nitrogen and oxygen atoms in total. The van der Waals surface area contributed by atoms with Crippen LogP contribution in [-0.4, -0.2) is 39.8 Å². The maximum atomic E-state index is 5.37. The van der Waals surface area contributed by atoms with Gasteiger partial charge < -0.3 is 14.5 Å². The normalized spacial score (nSPS) is 10.8. The Bertz CT molecular complexity index is 443. The minimum absolute atomic E-state index is 0.357. The van der Waals surface area contributed by atoms with E-state index < -0.39 is 0 Å². The Morgan fingerprint density at radius 3 is 3.12 bits per heavy atom. The number of ether oxygens (including phenoxy) is 2. The minimum Gasteiger partial charge on any atom is -0.463 e. The number of nitrogens with one attached hydrogen (secondary N) is 1. The molecule has 0 radical (unpaired) electrons. The van der Waals surface area contributed by atoms with Gasteiger partial charge in [0.2, 0.25) is 0 Å². The molecule has 16 heavy (non-hydrogen) atoms. The summed E-state index contributed by atoms with van der Waals surface area (Å²) < 4.78 is 10.6. The molecule has 0 unspecified atom stereocenters. The van der Waals surface area contributed by atoms with Gasteiger partial charge in [-0.05, 0) is 6.92 Å². The molecule has 0 aliphatic rings. The molecule has 0 spiro atoms. The molecule has 0 amide bonds. The van der Waals surface area contributed by atoms with Crippen LogP contribution in [0.1, 0.15) is 13.3 Å². The molecule has 2 rings (SSSR count). The minimum atomic E-state index is 0.357. The summed E-state index contributed by atoms with van der Waals surface area (Å²) in [4.78, 5) is 15.1. The Morgan fingerprint density at radius 2 is 2.25 bits per heavy atom. The average molecular weight is 222 g/mol. The molecule has 0 bridgehead atoms. The molecular formula is C10H14N4O2. The van der Waals surface area contributed by atoms with E-state index in [1.165, 1.54) is 0 Å². The Hall–Kier alpha value is -1.69. The molecule has 0 atom stereocenters. The van der Waals surface area contributed by atoms with Gasteiger partial charge in [0.15, 0.2) is 5.65 Å². The fourth-order valence-electron chi connectivity index (χ4n) is 1.26. The Balaban J connectivity index is 1.84. The molecule has 1 N–H and O–H groups in total. The summed E-state index contributed by atoms with van der Waals surface area (Å²) in [5.41, 5.74) is 1.43. The van der Waals surface area contributed by atoms with Crippen molar-refractivity contribution in [3.05, 3.63) is 12.5 Å². The number of hydrogen-bond acceptors (Lipinski definition) is 5. The second-order valence-electron chi connectivity index (χ2n) is 3.19. The van der Waals surface area contributed by atoms with E-state index in [1.54, 1.807) is 12.5 Å². The van der Waals surface area contributed by atoms with Crippen LogP contribution in [0, 0.1) is 0 Å². The molecule has 0 fully saturated rings. The molecule has 0 saturated carbocycles. The van der Waals surface area contributed by atoms with Gasteiger partial charge in [-0.2, -0.15) is 4.98 Å². The summed E-state index contributed by atoms with van der Waals surface area (Å²) in [6.45, 7) is 3.95. The zero-order valence-corrected chi connectivity index (χ0v) is 9.14. The van der Waals surface area contributed by atoms with E-state index >= 15 is 0 Å². The SMILES string of the molecule is CCOCCCOc1ncc2[nH]cnc2n1. The molecule has 2 aromatic rings. The standard InChI is InChI=1S/C10H14N4O2/c1-2-15-4-3-5-16-10-11-6-8-9(14-10)13-7-12-8/h6-7H,2-5H2,1H3,(H,11,12,13,14). The summed E-state index contributed by atoms with van der Waals surface area (Å²) in [5.74, 6) is 0. The van der Waals surface area contributed by atoms with Crippen LogP contribution in [-0.2, 0) is 4.74 Å². The van der Waals surface area contributed by atoms with Crippen LogP contribution in [0.4, 0.5) is 0 Å². The van der Waals surface area contributed by atoms with Crippen molar-refractivity contribution in [2.75, 3.05) is 19.8 Å². The van der Waals surface area contributed by atoms with Crippen LogP contribution < -0.4 is 4.74 Å². The summed E-state index contributed by atoms with van der Waals surface area (Å²) in [7, 11) is 0. The molecule has 0 aliphatic carbocycles. The van der Waals surface area contributed by atoms with Gasteiger partial charge in [0.25, 0.3) is 0 Å². The highest BCUT2D eigenvalue weighted by molar-refractivity contribution is 5.68. The van der Waals surface area contributed by atoms with Gasteiger partial charge in [0.1, 0.15) is 5.52 Å². The first kappa shape index (κ1) is 10.8. The van der Waals surface area contributed by atoms with E-state index in [-0.39, 0.29) is 0 Å². The predicted octanol–water partition coefficient (Wildman–Crippen LogP) is 1.16. The third kappa shape index (κ3) is 2.66. The van der Waals surface area contributed by atoms with Crippen LogP contribution in [0.25, 0.3) is 11.2 Å². The van der Waals surface area contributed by atoms with Crippen molar-refractivity contribution >= 4 is 11.2 Å². The quantitative estimate of drug-likeness (QED) is 0.742. The number of imidazole rings is 1. The number of rotatable bonds is 6. The van der Waals surface area contributed by atoms with Gasteiger partial charge in [0, 0.05) is 19.6 Å².